The van der Waals surface area contributed by atoms with E-state index in [1.165, 1.54) is 161 Å². The van der Waals surface area contributed by atoms with Crippen LogP contribution in [0.15, 0.2) is 12.4 Å². The highest BCUT2D eigenvalue weighted by Gasteiger charge is 2.16. The minimum Gasteiger partial charge on any atom is -0.234 e. The topological polar surface area (TPSA) is 8.81 Å². The van der Waals surface area contributed by atoms with Crippen molar-refractivity contribution in [3.63, 3.8) is 0 Å². The van der Waals surface area contributed by atoms with Gasteiger partial charge in [0.1, 0.15) is 12.4 Å². The molecule has 0 aliphatic heterocycles. The van der Waals surface area contributed by atoms with Crippen LogP contribution >= 0.6 is 0 Å². The van der Waals surface area contributed by atoms with Crippen molar-refractivity contribution in [1.29, 1.82) is 0 Å². The van der Waals surface area contributed by atoms with Gasteiger partial charge in [0.25, 0.3) is 5.82 Å². The molecule has 0 N–H and O–H groups in total. The van der Waals surface area contributed by atoms with E-state index in [0.717, 1.165) is 0 Å². The van der Waals surface area contributed by atoms with E-state index in [2.05, 4.69) is 42.3 Å². The standard InChI is InChI=1S/C31H61N2/c1-4-7-10-12-13-14-15-16-17-18-19-20-21-22-23-24-26-31-32(27-9-6-3)29-30-33(31)28-25-11-8-5-2/h29-30H,4-28H2,1-3H3/q+1. The molecule has 0 saturated heterocycles. The predicted molar refractivity (Wildman–Crippen MR) is 147 cm³/mol. The van der Waals surface area contributed by atoms with E-state index in [1.807, 2.05) is 0 Å². The zero-order valence-corrected chi connectivity index (χ0v) is 23.2. The average molecular weight is 462 g/mol. The highest BCUT2D eigenvalue weighted by Crippen LogP contribution is 2.14. The summed E-state index contributed by atoms with van der Waals surface area (Å²) in [6.45, 7) is 9.33. The molecule has 1 heterocycles. The molecular formula is C31H61N2+. The van der Waals surface area contributed by atoms with E-state index in [0.29, 0.717) is 0 Å². The first-order valence-electron chi connectivity index (χ1n) is 15.4. The van der Waals surface area contributed by atoms with Gasteiger partial charge in [0.2, 0.25) is 0 Å². The van der Waals surface area contributed by atoms with Gasteiger partial charge in [-0.25, -0.2) is 9.13 Å². The fraction of sp³-hybridized carbons (Fsp3) is 0.903. The zero-order chi connectivity index (χ0) is 23.8. The summed E-state index contributed by atoms with van der Waals surface area (Å²) in [7, 11) is 0. The lowest BCUT2D eigenvalue weighted by atomic mass is 10.0. The molecule has 2 heteroatoms. The number of hydrogen-bond acceptors (Lipinski definition) is 0. The second-order valence-electron chi connectivity index (χ2n) is 10.6. The molecule has 0 bridgehead atoms. The van der Waals surface area contributed by atoms with Crippen molar-refractivity contribution >= 4 is 0 Å². The molecule has 2 nitrogen and oxygen atoms in total. The molecule has 1 rings (SSSR count). The maximum Gasteiger partial charge on any atom is 0.256 e. The van der Waals surface area contributed by atoms with Gasteiger partial charge in [-0.1, -0.05) is 136 Å². The first-order valence-corrected chi connectivity index (χ1v) is 15.4. The summed E-state index contributed by atoms with van der Waals surface area (Å²) in [5.74, 6) is 1.59. The second-order valence-corrected chi connectivity index (χ2v) is 10.6. The number of nitrogens with zero attached hydrogens (tertiary/aromatic N) is 2. The lowest BCUT2D eigenvalue weighted by Gasteiger charge is -2.06. The van der Waals surface area contributed by atoms with Crippen molar-refractivity contribution < 1.29 is 4.57 Å². The van der Waals surface area contributed by atoms with Crippen LogP contribution in [-0.4, -0.2) is 4.57 Å². The molecule has 0 atom stereocenters. The quantitative estimate of drug-likeness (QED) is 0.101. The molecule has 0 aliphatic carbocycles. The molecule has 0 saturated carbocycles. The zero-order valence-electron chi connectivity index (χ0n) is 23.2. The third-order valence-electron chi connectivity index (χ3n) is 7.35. The number of aryl methyl sites for hydroxylation is 2. The Morgan fingerprint density at radius 2 is 0.939 bits per heavy atom. The maximum absolute atomic E-state index is 2.57. The summed E-state index contributed by atoms with van der Waals surface area (Å²) in [6, 6.07) is 0. The smallest absolute Gasteiger partial charge is 0.234 e. The second kappa shape index (κ2) is 23.0. The van der Waals surface area contributed by atoms with Crippen LogP contribution < -0.4 is 4.57 Å². The molecule has 0 aromatic carbocycles. The Kier molecular flexibility index (Phi) is 21.1. The number of aromatic nitrogens is 2. The van der Waals surface area contributed by atoms with Crippen LogP contribution in [0, 0.1) is 0 Å². The molecule has 0 aliphatic rings. The Morgan fingerprint density at radius 1 is 0.515 bits per heavy atom. The minimum atomic E-state index is 1.20. The van der Waals surface area contributed by atoms with Gasteiger partial charge in [0.05, 0.1) is 13.1 Å². The van der Waals surface area contributed by atoms with Crippen LogP contribution in [0.2, 0.25) is 0 Å². The highest BCUT2D eigenvalue weighted by molar-refractivity contribution is 4.84. The van der Waals surface area contributed by atoms with Gasteiger partial charge in [0, 0.05) is 6.42 Å². The molecule has 0 amide bonds. The van der Waals surface area contributed by atoms with Crippen molar-refractivity contribution in [2.24, 2.45) is 0 Å². The van der Waals surface area contributed by atoms with Crippen LogP contribution in [-0.2, 0) is 19.5 Å². The predicted octanol–water partition coefficient (Wildman–Crippen LogP) is 9.96. The van der Waals surface area contributed by atoms with Crippen LogP contribution in [0.5, 0.6) is 0 Å². The van der Waals surface area contributed by atoms with Crippen molar-refractivity contribution in [2.75, 3.05) is 0 Å². The lowest BCUT2D eigenvalue weighted by Crippen LogP contribution is -2.37. The van der Waals surface area contributed by atoms with E-state index in [9.17, 15) is 0 Å². The molecule has 0 fully saturated rings. The van der Waals surface area contributed by atoms with Crippen molar-refractivity contribution in [3.05, 3.63) is 18.2 Å². The van der Waals surface area contributed by atoms with Crippen molar-refractivity contribution in [1.82, 2.24) is 4.57 Å². The molecule has 1 aromatic rings. The molecule has 1 aromatic heterocycles. The van der Waals surface area contributed by atoms with Crippen molar-refractivity contribution in [3.8, 4) is 0 Å². The van der Waals surface area contributed by atoms with E-state index >= 15 is 0 Å². The molecule has 194 valence electrons. The van der Waals surface area contributed by atoms with Crippen molar-refractivity contribution in [2.45, 2.75) is 182 Å². The third kappa shape index (κ3) is 16.5. The van der Waals surface area contributed by atoms with Gasteiger partial charge in [-0.05, 0) is 25.7 Å². The Labute approximate surface area is 208 Å². The first-order chi connectivity index (χ1) is 16.3. The molecular weight excluding hydrogens is 400 g/mol. The monoisotopic (exact) mass is 461 g/mol. The fourth-order valence-corrected chi connectivity index (χ4v) is 5.06. The van der Waals surface area contributed by atoms with Crippen LogP contribution in [0.3, 0.4) is 0 Å². The van der Waals surface area contributed by atoms with Gasteiger partial charge < -0.3 is 0 Å². The van der Waals surface area contributed by atoms with E-state index in [1.54, 1.807) is 5.82 Å². The maximum atomic E-state index is 2.57. The van der Waals surface area contributed by atoms with Gasteiger partial charge >= 0.3 is 0 Å². The van der Waals surface area contributed by atoms with Gasteiger partial charge in [0.15, 0.2) is 0 Å². The summed E-state index contributed by atoms with van der Waals surface area (Å²) in [5.41, 5.74) is 0. The lowest BCUT2D eigenvalue weighted by molar-refractivity contribution is -0.704. The summed E-state index contributed by atoms with van der Waals surface area (Å²) < 4.78 is 5.12. The fourth-order valence-electron chi connectivity index (χ4n) is 5.06. The Morgan fingerprint density at radius 3 is 1.42 bits per heavy atom. The summed E-state index contributed by atoms with van der Waals surface area (Å²) in [4.78, 5) is 0. The van der Waals surface area contributed by atoms with Gasteiger partial charge in [-0.15, -0.1) is 0 Å². The summed E-state index contributed by atoms with van der Waals surface area (Å²) in [6.07, 6.45) is 37.1. The number of hydrogen-bond donors (Lipinski definition) is 0. The van der Waals surface area contributed by atoms with Crippen LogP contribution in [0.4, 0.5) is 0 Å². The number of unbranched alkanes of at least 4 members (excludes halogenated alkanes) is 19. The van der Waals surface area contributed by atoms with E-state index in [-0.39, 0.29) is 0 Å². The Bertz CT molecular complexity index is 519. The van der Waals surface area contributed by atoms with E-state index < -0.39 is 0 Å². The molecule has 0 spiro atoms. The SMILES string of the molecule is CCCCCCCCCCCCCCCCCCc1n(CCCC)cc[n+]1CCCCCC. The third-order valence-corrected chi connectivity index (χ3v) is 7.35. The average Bonchev–Trinajstić information content (AvgIpc) is 3.21. The Hall–Kier alpha value is -0.790. The largest absolute Gasteiger partial charge is 0.256 e. The summed E-state index contributed by atoms with van der Waals surface area (Å²) >= 11 is 0. The highest BCUT2D eigenvalue weighted by atomic mass is 15.1. The number of imidazole rings is 1. The molecule has 33 heavy (non-hydrogen) atoms. The number of rotatable bonds is 25. The Balaban J connectivity index is 2.06. The van der Waals surface area contributed by atoms with Gasteiger partial charge in [-0.3, -0.25) is 0 Å². The normalized spacial score (nSPS) is 11.5. The van der Waals surface area contributed by atoms with Crippen LogP contribution in [0.1, 0.15) is 168 Å². The first kappa shape index (κ1) is 30.2. The summed E-state index contributed by atoms with van der Waals surface area (Å²) in [5, 5.41) is 0. The van der Waals surface area contributed by atoms with E-state index in [4.69, 9.17) is 0 Å². The molecule has 0 unspecified atom stereocenters. The molecule has 0 radical (unpaired) electrons. The van der Waals surface area contributed by atoms with Gasteiger partial charge in [-0.2, -0.15) is 0 Å². The van der Waals surface area contributed by atoms with Crippen LogP contribution in [0.25, 0.3) is 0 Å². The minimum absolute atomic E-state index is 1.20.